The van der Waals surface area contributed by atoms with E-state index in [2.05, 4.69) is 16.0 Å². The number of anilines is 1. The summed E-state index contributed by atoms with van der Waals surface area (Å²) in [4.78, 5) is 35.2. The topological polar surface area (TPSA) is 113 Å². The van der Waals surface area contributed by atoms with E-state index < -0.39 is 5.91 Å². The molecule has 0 bridgehead atoms. The number of thioether (sulfide) groups is 1. The number of primary amides is 1. The SMILES string of the molecule is NC(=O)c1ccc(NC(=O)CSC2NC(=O)CC(c3ccccc3)N2)cc1. The highest BCUT2D eigenvalue weighted by Gasteiger charge is 2.27. The Morgan fingerprint density at radius 1 is 1.11 bits per heavy atom. The number of benzene rings is 2. The number of hydrogen-bond donors (Lipinski definition) is 4. The third kappa shape index (κ3) is 5.32. The molecule has 3 amide bonds. The summed E-state index contributed by atoms with van der Waals surface area (Å²) in [6, 6.07) is 16.0. The van der Waals surface area contributed by atoms with Gasteiger partial charge in [0.1, 0.15) is 5.50 Å². The molecule has 0 spiro atoms. The summed E-state index contributed by atoms with van der Waals surface area (Å²) in [7, 11) is 0. The van der Waals surface area contributed by atoms with Crippen LogP contribution in [0.1, 0.15) is 28.4 Å². The second kappa shape index (κ2) is 8.70. The van der Waals surface area contributed by atoms with Crippen molar-refractivity contribution in [3.8, 4) is 0 Å². The van der Waals surface area contributed by atoms with E-state index in [1.54, 1.807) is 24.3 Å². The molecule has 7 nitrogen and oxygen atoms in total. The van der Waals surface area contributed by atoms with Crippen LogP contribution in [0.2, 0.25) is 0 Å². The molecule has 1 fully saturated rings. The first-order valence-electron chi connectivity index (χ1n) is 8.43. The van der Waals surface area contributed by atoms with Gasteiger partial charge in [-0.05, 0) is 29.8 Å². The molecule has 2 unspecified atom stereocenters. The van der Waals surface area contributed by atoms with Crippen LogP contribution in [0.5, 0.6) is 0 Å². The van der Waals surface area contributed by atoms with Gasteiger partial charge in [0, 0.05) is 23.7 Å². The number of carbonyl (C=O) groups excluding carboxylic acids is 3. The van der Waals surface area contributed by atoms with Crippen LogP contribution < -0.4 is 21.7 Å². The maximum absolute atomic E-state index is 12.1. The second-order valence-electron chi connectivity index (χ2n) is 6.08. The van der Waals surface area contributed by atoms with E-state index in [0.717, 1.165) is 5.56 Å². The Bertz CT molecular complexity index is 827. The zero-order chi connectivity index (χ0) is 19.2. The summed E-state index contributed by atoms with van der Waals surface area (Å²) in [6.45, 7) is 0. The van der Waals surface area contributed by atoms with Gasteiger partial charge in [0.15, 0.2) is 0 Å². The molecule has 0 saturated carbocycles. The van der Waals surface area contributed by atoms with Gasteiger partial charge in [0.25, 0.3) is 0 Å². The molecule has 3 rings (SSSR count). The molecule has 2 aromatic carbocycles. The lowest BCUT2D eigenvalue weighted by atomic mass is 10.0. The highest BCUT2D eigenvalue weighted by Crippen LogP contribution is 2.23. The maximum Gasteiger partial charge on any atom is 0.248 e. The third-order valence-electron chi connectivity index (χ3n) is 4.07. The minimum Gasteiger partial charge on any atom is -0.366 e. The van der Waals surface area contributed by atoms with Crippen molar-refractivity contribution >= 4 is 35.2 Å². The van der Waals surface area contributed by atoms with Crippen LogP contribution in [0, 0.1) is 0 Å². The lowest BCUT2D eigenvalue weighted by Crippen LogP contribution is -2.51. The van der Waals surface area contributed by atoms with Gasteiger partial charge in [-0.2, -0.15) is 0 Å². The molecular formula is C19H20N4O3S. The molecule has 27 heavy (non-hydrogen) atoms. The van der Waals surface area contributed by atoms with E-state index in [-0.39, 0.29) is 29.1 Å². The Morgan fingerprint density at radius 2 is 1.81 bits per heavy atom. The van der Waals surface area contributed by atoms with Crippen molar-refractivity contribution in [2.45, 2.75) is 18.0 Å². The first kappa shape index (κ1) is 18.9. The highest BCUT2D eigenvalue weighted by molar-refractivity contribution is 8.00. The Morgan fingerprint density at radius 3 is 2.48 bits per heavy atom. The molecule has 2 aromatic rings. The van der Waals surface area contributed by atoms with Crippen LogP contribution >= 0.6 is 11.8 Å². The summed E-state index contributed by atoms with van der Waals surface area (Å²) in [5.41, 5.74) is 6.84. The summed E-state index contributed by atoms with van der Waals surface area (Å²) < 4.78 is 0. The Hall–Kier alpha value is -2.84. The highest BCUT2D eigenvalue weighted by atomic mass is 32.2. The largest absolute Gasteiger partial charge is 0.366 e. The van der Waals surface area contributed by atoms with Crippen LogP contribution in [0.15, 0.2) is 54.6 Å². The van der Waals surface area contributed by atoms with Crippen LogP contribution in [0.4, 0.5) is 5.69 Å². The van der Waals surface area contributed by atoms with Gasteiger partial charge < -0.3 is 16.4 Å². The maximum atomic E-state index is 12.1. The first-order valence-corrected chi connectivity index (χ1v) is 9.48. The molecule has 0 aromatic heterocycles. The van der Waals surface area contributed by atoms with E-state index in [1.165, 1.54) is 11.8 Å². The Labute approximate surface area is 161 Å². The zero-order valence-corrected chi connectivity index (χ0v) is 15.3. The van der Waals surface area contributed by atoms with E-state index in [0.29, 0.717) is 17.7 Å². The van der Waals surface area contributed by atoms with Gasteiger partial charge >= 0.3 is 0 Å². The Kier molecular flexibility index (Phi) is 6.10. The number of rotatable bonds is 6. The number of amides is 3. The minimum absolute atomic E-state index is 0.0532. The average molecular weight is 384 g/mol. The molecule has 0 aliphatic carbocycles. The molecule has 1 heterocycles. The van der Waals surface area contributed by atoms with Crippen molar-refractivity contribution in [1.29, 1.82) is 0 Å². The predicted molar refractivity (Wildman–Crippen MR) is 105 cm³/mol. The van der Waals surface area contributed by atoms with E-state index in [4.69, 9.17) is 5.73 Å². The predicted octanol–water partition coefficient (Wildman–Crippen LogP) is 1.59. The lowest BCUT2D eigenvalue weighted by Gasteiger charge is -2.31. The van der Waals surface area contributed by atoms with Gasteiger partial charge in [0.05, 0.1) is 5.75 Å². The Balaban J connectivity index is 1.52. The van der Waals surface area contributed by atoms with Crippen LogP contribution in [-0.2, 0) is 9.59 Å². The van der Waals surface area contributed by atoms with Crippen molar-refractivity contribution in [3.05, 3.63) is 65.7 Å². The molecule has 1 aliphatic heterocycles. The monoisotopic (exact) mass is 384 g/mol. The molecular weight excluding hydrogens is 364 g/mol. The second-order valence-corrected chi connectivity index (χ2v) is 7.18. The molecule has 2 atom stereocenters. The molecule has 0 radical (unpaired) electrons. The summed E-state index contributed by atoms with van der Waals surface area (Å²) in [5, 5.41) is 8.93. The van der Waals surface area contributed by atoms with Crippen molar-refractivity contribution in [3.63, 3.8) is 0 Å². The van der Waals surface area contributed by atoms with Crippen molar-refractivity contribution < 1.29 is 14.4 Å². The van der Waals surface area contributed by atoms with Gasteiger partial charge in [0.2, 0.25) is 17.7 Å². The van der Waals surface area contributed by atoms with Crippen LogP contribution in [0.3, 0.4) is 0 Å². The van der Waals surface area contributed by atoms with Crippen LogP contribution in [0.25, 0.3) is 0 Å². The summed E-state index contributed by atoms with van der Waals surface area (Å²) in [5.74, 6) is -0.611. The minimum atomic E-state index is -0.518. The van der Waals surface area contributed by atoms with Gasteiger partial charge in [-0.1, -0.05) is 30.3 Å². The average Bonchev–Trinajstić information content (AvgIpc) is 2.67. The summed E-state index contributed by atoms with van der Waals surface area (Å²) in [6.07, 6.45) is 0.361. The molecule has 8 heteroatoms. The van der Waals surface area contributed by atoms with Gasteiger partial charge in [-0.3, -0.25) is 19.7 Å². The van der Waals surface area contributed by atoms with E-state index in [9.17, 15) is 14.4 Å². The standard InChI is InChI=1S/C19H20N4O3S/c20-18(26)13-6-8-14(9-7-13)21-17(25)11-27-19-22-15(10-16(24)23-19)12-4-2-1-3-5-12/h1-9,15,19,22H,10-11H2,(H2,20,26)(H,21,25)(H,23,24). The molecule has 1 aliphatic rings. The fourth-order valence-corrected chi connectivity index (χ4v) is 3.60. The van der Waals surface area contributed by atoms with Gasteiger partial charge in [-0.15, -0.1) is 11.8 Å². The smallest absolute Gasteiger partial charge is 0.248 e. The van der Waals surface area contributed by atoms with E-state index >= 15 is 0 Å². The van der Waals surface area contributed by atoms with Gasteiger partial charge in [-0.25, -0.2) is 0 Å². The van der Waals surface area contributed by atoms with Crippen LogP contribution in [-0.4, -0.2) is 29.0 Å². The van der Waals surface area contributed by atoms with Crippen molar-refractivity contribution in [2.75, 3.05) is 11.1 Å². The lowest BCUT2D eigenvalue weighted by molar-refractivity contribution is -0.123. The fraction of sp³-hybridized carbons (Fsp3) is 0.211. The molecule has 5 N–H and O–H groups in total. The number of nitrogens with one attached hydrogen (secondary N) is 3. The third-order valence-corrected chi connectivity index (χ3v) is 5.09. The fourth-order valence-electron chi connectivity index (χ4n) is 2.74. The van der Waals surface area contributed by atoms with E-state index in [1.807, 2.05) is 30.3 Å². The number of hydrogen-bond acceptors (Lipinski definition) is 5. The van der Waals surface area contributed by atoms with Crippen molar-refractivity contribution in [2.24, 2.45) is 5.73 Å². The zero-order valence-electron chi connectivity index (χ0n) is 14.5. The number of carbonyl (C=O) groups is 3. The normalized spacial score (nSPS) is 19.2. The summed E-state index contributed by atoms with van der Waals surface area (Å²) >= 11 is 1.31. The quantitative estimate of drug-likeness (QED) is 0.604. The first-order chi connectivity index (χ1) is 13.0. The number of nitrogens with two attached hydrogens (primary N) is 1. The molecule has 140 valence electrons. The molecule has 1 saturated heterocycles. The van der Waals surface area contributed by atoms with Crippen molar-refractivity contribution in [1.82, 2.24) is 10.6 Å².